The number of aromatic amines is 1. The molecule has 0 bridgehead atoms. The standard InChI is InChI=1S/C19H21Br2N7O/c1-26(2)15(12-4-3-5-13(20)10-12)19(29)28-8-6-27(7-9-28)18-14-16(21)24-25-17(14)22-11-23-18/h3-5,10-11,15H,6-9H2,1-2H3,(H,22,23,24,25). The Morgan fingerprint density at radius 2 is 1.93 bits per heavy atom. The molecule has 1 aliphatic heterocycles. The number of fused-ring (bicyclic) bond motifs is 1. The monoisotopic (exact) mass is 521 g/mol. The number of nitrogens with zero attached hydrogens (tertiary/aromatic N) is 6. The second-order valence-electron chi connectivity index (χ2n) is 7.17. The first kappa shape index (κ1) is 20.2. The van der Waals surface area contributed by atoms with Gasteiger partial charge in [-0.1, -0.05) is 28.1 Å². The summed E-state index contributed by atoms with van der Waals surface area (Å²) < 4.78 is 1.74. The molecule has 2 aromatic heterocycles. The van der Waals surface area contributed by atoms with Gasteiger partial charge in [0.25, 0.3) is 0 Å². The van der Waals surface area contributed by atoms with Crippen molar-refractivity contribution in [3.63, 3.8) is 0 Å². The molecule has 0 saturated carbocycles. The second-order valence-corrected chi connectivity index (χ2v) is 8.88. The van der Waals surface area contributed by atoms with E-state index in [1.807, 2.05) is 48.2 Å². The number of halogens is 2. The minimum Gasteiger partial charge on any atom is -0.352 e. The highest BCUT2D eigenvalue weighted by molar-refractivity contribution is 9.10. The number of nitrogens with one attached hydrogen (secondary N) is 1. The van der Waals surface area contributed by atoms with Crippen molar-refractivity contribution < 1.29 is 4.79 Å². The molecule has 3 aromatic rings. The summed E-state index contributed by atoms with van der Waals surface area (Å²) >= 11 is 6.99. The van der Waals surface area contributed by atoms with Crippen LogP contribution in [0.15, 0.2) is 39.7 Å². The molecule has 1 fully saturated rings. The molecule has 1 N–H and O–H groups in total. The van der Waals surface area contributed by atoms with Gasteiger partial charge in [0.1, 0.15) is 22.8 Å². The Labute approximate surface area is 185 Å². The lowest BCUT2D eigenvalue weighted by molar-refractivity contribution is -0.136. The van der Waals surface area contributed by atoms with Crippen LogP contribution in [0.3, 0.4) is 0 Å². The molecule has 4 rings (SSSR count). The van der Waals surface area contributed by atoms with Crippen molar-refractivity contribution in [1.82, 2.24) is 30.0 Å². The fourth-order valence-corrected chi connectivity index (χ4v) is 4.56. The van der Waals surface area contributed by atoms with Gasteiger partial charge in [-0.05, 0) is 47.7 Å². The average Bonchev–Trinajstić information content (AvgIpc) is 3.09. The normalized spacial score (nSPS) is 15.9. The van der Waals surface area contributed by atoms with E-state index in [1.165, 1.54) is 6.33 Å². The van der Waals surface area contributed by atoms with E-state index >= 15 is 0 Å². The summed E-state index contributed by atoms with van der Waals surface area (Å²) in [6.07, 6.45) is 1.53. The third-order valence-electron chi connectivity index (χ3n) is 5.09. The molecule has 0 spiro atoms. The molecule has 1 unspecified atom stereocenters. The molecular weight excluding hydrogens is 502 g/mol. The van der Waals surface area contributed by atoms with Crippen LogP contribution < -0.4 is 4.90 Å². The Morgan fingerprint density at radius 1 is 1.17 bits per heavy atom. The Hall–Kier alpha value is -2.04. The lowest BCUT2D eigenvalue weighted by Crippen LogP contribution is -2.51. The number of hydrogen-bond donors (Lipinski definition) is 1. The number of anilines is 1. The van der Waals surface area contributed by atoms with Crippen LogP contribution in [0.4, 0.5) is 5.82 Å². The molecule has 0 radical (unpaired) electrons. The lowest BCUT2D eigenvalue weighted by Gasteiger charge is -2.38. The number of hydrogen-bond acceptors (Lipinski definition) is 6. The number of benzene rings is 1. The van der Waals surface area contributed by atoms with Gasteiger partial charge in [-0.25, -0.2) is 9.97 Å². The van der Waals surface area contributed by atoms with Gasteiger partial charge in [-0.2, -0.15) is 5.10 Å². The van der Waals surface area contributed by atoms with Crippen LogP contribution >= 0.6 is 31.9 Å². The first-order chi connectivity index (χ1) is 14.0. The molecule has 1 atom stereocenters. The largest absolute Gasteiger partial charge is 0.352 e. The van der Waals surface area contributed by atoms with Crippen LogP contribution in [-0.2, 0) is 4.79 Å². The third kappa shape index (κ3) is 4.01. The molecule has 152 valence electrons. The summed E-state index contributed by atoms with van der Waals surface area (Å²) in [6.45, 7) is 2.68. The first-order valence-electron chi connectivity index (χ1n) is 9.26. The van der Waals surface area contributed by atoms with E-state index in [0.717, 1.165) is 25.8 Å². The summed E-state index contributed by atoms with van der Waals surface area (Å²) in [5.41, 5.74) is 1.61. The van der Waals surface area contributed by atoms with Crippen molar-refractivity contribution >= 4 is 54.6 Å². The molecule has 10 heteroatoms. The fraction of sp³-hybridized carbons (Fsp3) is 0.368. The zero-order chi connectivity index (χ0) is 20.5. The van der Waals surface area contributed by atoms with E-state index in [1.54, 1.807) is 0 Å². The van der Waals surface area contributed by atoms with Crippen molar-refractivity contribution in [1.29, 1.82) is 0 Å². The predicted molar refractivity (Wildman–Crippen MR) is 119 cm³/mol. The average molecular weight is 523 g/mol. The molecule has 1 amide bonds. The van der Waals surface area contributed by atoms with Gasteiger partial charge in [0.2, 0.25) is 5.91 Å². The Bertz CT molecular complexity index is 1030. The highest BCUT2D eigenvalue weighted by atomic mass is 79.9. The Kier molecular flexibility index (Phi) is 5.84. The molecule has 0 aliphatic carbocycles. The lowest BCUT2D eigenvalue weighted by atomic mass is 10.0. The smallest absolute Gasteiger partial charge is 0.244 e. The number of likely N-dealkylation sites (N-methyl/N-ethyl adjacent to an activating group) is 1. The predicted octanol–water partition coefficient (Wildman–Crippen LogP) is 2.83. The van der Waals surface area contributed by atoms with Crippen LogP contribution in [0.2, 0.25) is 0 Å². The maximum atomic E-state index is 13.3. The van der Waals surface area contributed by atoms with Crippen molar-refractivity contribution in [3.8, 4) is 0 Å². The number of piperazine rings is 1. The first-order valence-corrected chi connectivity index (χ1v) is 10.8. The van der Waals surface area contributed by atoms with E-state index in [-0.39, 0.29) is 11.9 Å². The number of amides is 1. The maximum Gasteiger partial charge on any atom is 0.244 e. The van der Waals surface area contributed by atoms with Crippen LogP contribution in [0.5, 0.6) is 0 Å². The molecule has 8 nitrogen and oxygen atoms in total. The number of rotatable bonds is 4. The van der Waals surface area contributed by atoms with Gasteiger partial charge >= 0.3 is 0 Å². The van der Waals surface area contributed by atoms with Crippen LogP contribution in [0.1, 0.15) is 11.6 Å². The molecule has 1 saturated heterocycles. The number of carbonyl (C=O) groups excluding carboxylic acids is 1. The molecule has 1 aliphatic rings. The van der Waals surface area contributed by atoms with E-state index in [2.05, 4.69) is 56.9 Å². The molecule has 3 heterocycles. The van der Waals surface area contributed by atoms with E-state index < -0.39 is 0 Å². The minimum atomic E-state index is -0.312. The summed E-state index contributed by atoms with van der Waals surface area (Å²) in [7, 11) is 3.88. The highest BCUT2D eigenvalue weighted by Crippen LogP contribution is 2.29. The van der Waals surface area contributed by atoms with Crippen LogP contribution in [0.25, 0.3) is 11.0 Å². The summed E-state index contributed by atoms with van der Waals surface area (Å²) in [4.78, 5) is 28.1. The van der Waals surface area contributed by atoms with Crippen molar-refractivity contribution in [2.75, 3.05) is 45.2 Å². The van der Waals surface area contributed by atoms with Gasteiger partial charge in [-0.15, -0.1) is 0 Å². The van der Waals surface area contributed by atoms with Crippen molar-refractivity contribution in [2.24, 2.45) is 0 Å². The van der Waals surface area contributed by atoms with Gasteiger partial charge in [0.05, 0.1) is 5.39 Å². The minimum absolute atomic E-state index is 0.116. The molecule has 1 aromatic carbocycles. The van der Waals surface area contributed by atoms with Gasteiger partial charge in [0, 0.05) is 30.7 Å². The van der Waals surface area contributed by atoms with Gasteiger partial charge in [0.15, 0.2) is 5.65 Å². The Morgan fingerprint density at radius 3 is 2.62 bits per heavy atom. The zero-order valence-electron chi connectivity index (χ0n) is 16.1. The molecule has 29 heavy (non-hydrogen) atoms. The van der Waals surface area contributed by atoms with E-state index in [4.69, 9.17) is 0 Å². The third-order valence-corrected chi connectivity index (χ3v) is 6.16. The van der Waals surface area contributed by atoms with Crippen molar-refractivity contribution in [2.45, 2.75) is 6.04 Å². The number of carbonyl (C=O) groups is 1. The summed E-state index contributed by atoms with van der Waals surface area (Å²) in [6, 6.07) is 7.62. The summed E-state index contributed by atoms with van der Waals surface area (Å²) in [5, 5.41) is 7.94. The second kappa shape index (κ2) is 8.37. The quantitative estimate of drug-likeness (QED) is 0.567. The zero-order valence-corrected chi connectivity index (χ0v) is 19.3. The van der Waals surface area contributed by atoms with E-state index in [0.29, 0.717) is 31.8 Å². The van der Waals surface area contributed by atoms with Gasteiger partial charge in [-0.3, -0.25) is 14.8 Å². The van der Waals surface area contributed by atoms with Crippen LogP contribution in [-0.4, -0.2) is 76.1 Å². The number of H-pyrrole nitrogens is 1. The SMILES string of the molecule is CN(C)C(C(=O)N1CCN(c2ncnc3n[nH]c(Br)c23)CC1)c1cccc(Br)c1. The maximum absolute atomic E-state index is 13.3. The number of aromatic nitrogens is 4. The highest BCUT2D eigenvalue weighted by Gasteiger charge is 2.31. The fourth-order valence-electron chi connectivity index (χ4n) is 3.70. The summed E-state index contributed by atoms with van der Waals surface area (Å²) in [5.74, 6) is 0.948. The van der Waals surface area contributed by atoms with E-state index in [9.17, 15) is 4.79 Å². The topological polar surface area (TPSA) is 81.2 Å². The Balaban J connectivity index is 1.51. The van der Waals surface area contributed by atoms with Crippen molar-refractivity contribution in [3.05, 3.63) is 45.2 Å². The molecular formula is C19H21Br2N7O. The van der Waals surface area contributed by atoms with Gasteiger partial charge < -0.3 is 9.80 Å². The van der Waals surface area contributed by atoms with Crippen LogP contribution in [0, 0.1) is 0 Å².